The number of nitrogens with one attached hydrogen (secondary N) is 2. The van der Waals surface area contributed by atoms with Crippen LogP contribution >= 0.6 is 0 Å². The van der Waals surface area contributed by atoms with Crippen LogP contribution in [0, 0.1) is 0 Å². The van der Waals surface area contributed by atoms with Crippen LogP contribution in [-0.4, -0.2) is 31.2 Å². The average molecular weight is 329 g/mol. The fourth-order valence-corrected chi connectivity index (χ4v) is 2.25. The molecule has 0 unspecified atom stereocenters. The Morgan fingerprint density at radius 2 is 1.88 bits per heavy atom. The van der Waals surface area contributed by atoms with E-state index in [4.69, 9.17) is 9.47 Å². The first-order valence-corrected chi connectivity index (χ1v) is 7.74. The van der Waals surface area contributed by atoms with Gasteiger partial charge in [0.25, 0.3) is 5.91 Å². The topological polar surface area (TPSA) is 72.5 Å². The Bertz CT molecular complexity index is 702. The minimum atomic E-state index is -0.176. The number of carbonyl (C=O) groups excluding carboxylic acids is 1. The molecule has 1 heterocycles. The third-order valence-electron chi connectivity index (χ3n) is 3.36. The van der Waals surface area contributed by atoms with Crippen LogP contribution in [0.15, 0.2) is 36.7 Å². The van der Waals surface area contributed by atoms with E-state index < -0.39 is 0 Å². The van der Waals surface area contributed by atoms with Gasteiger partial charge in [0.1, 0.15) is 0 Å². The Morgan fingerprint density at radius 3 is 2.54 bits per heavy atom. The smallest absolute Gasteiger partial charge is 0.253 e. The standard InChI is InChI=1S/C18H23N3O3/c1-12(2)21-15-8-14(10-19-11-15)18(22)20-9-13-5-6-16(23-3)17(7-13)24-4/h5-8,10-12,21H,9H2,1-4H3,(H,20,22). The number of ether oxygens (including phenoxy) is 2. The van der Waals surface area contributed by atoms with Crippen LogP contribution in [0.4, 0.5) is 5.69 Å². The molecule has 2 rings (SSSR count). The van der Waals surface area contributed by atoms with E-state index in [0.717, 1.165) is 11.3 Å². The van der Waals surface area contributed by atoms with Crippen molar-refractivity contribution in [3.8, 4) is 11.5 Å². The maximum atomic E-state index is 12.3. The summed E-state index contributed by atoms with van der Waals surface area (Å²) < 4.78 is 10.5. The number of pyridine rings is 1. The van der Waals surface area contributed by atoms with Crippen LogP contribution in [0.5, 0.6) is 11.5 Å². The Labute approximate surface area is 142 Å². The number of hydrogen-bond acceptors (Lipinski definition) is 5. The van der Waals surface area contributed by atoms with Gasteiger partial charge in [0, 0.05) is 25.0 Å². The van der Waals surface area contributed by atoms with Crippen LogP contribution in [0.25, 0.3) is 0 Å². The summed E-state index contributed by atoms with van der Waals surface area (Å²) in [4.78, 5) is 16.4. The summed E-state index contributed by atoms with van der Waals surface area (Å²) in [6.45, 7) is 4.45. The summed E-state index contributed by atoms with van der Waals surface area (Å²) in [5, 5.41) is 6.11. The van der Waals surface area contributed by atoms with Crippen molar-refractivity contribution in [2.45, 2.75) is 26.4 Å². The van der Waals surface area contributed by atoms with Gasteiger partial charge >= 0.3 is 0 Å². The molecule has 6 nitrogen and oxygen atoms in total. The van der Waals surface area contributed by atoms with E-state index in [9.17, 15) is 4.79 Å². The second-order valence-corrected chi connectivity index (χ2v) is 5.63. The van der Waals surface area contributed by atoms with Gasteiger partial charge in [-0.05, 0) is 37.6 Å². The van der Waals surface area contributed by atoms with E-state index in [-0.39, 0.29) is 11.9 Å². The van der Waals surface area contributed by atoms with E-state index >= 15 is 0 Å². The average Bonchev–Trinajstić information content (AvgIpc) is 2.59. The van der Waals surface area contributed by atoms with Crippen molar-refractivity contribution in [1.29, 1.82) is 0 Å². The Morgan fingerprint density at radius 1 is 1.12 bits per heavy atom. The summed E-state index contributed by atoms with van der Waals surface area (Å²) in [5.74, 6) is 1.11. The number of carbonyl (C=O) groups is 1. The van der Waals surface area contributed by atoms with Gasteiger partial charge < -0.3 is 20.1 Å². The number of hydrogen-bond donors (Lipinski definition) is 2. The molecule has 0 fully saturated rings. The highest BCUT2D eigenvalue weighted by atomic mass is 16.5. The minimum Gasteiger partial charge on any atom is -0.493 e. The number of nitrogens with zero attached hydrogens (tertiary/aromatic N) is 1. The predicted octanol–water partition coefficient (Wildman–Crippen LogP) is 2.85. The zero-order chi connectivity index (χ0) is 17.5. The van der Waals surface area contributed by atoms with Gasteiger partial charge in [-0.2, -0.15) is 0 Å². The number of anilines is 1. The summed E-state index contributed by atoms with van der Waals surface area (Å²) in [5.41, 5.74) is 2.26. The first-order valence-electron chi connectivity index (χ1n) is 7.74. The Kier molecular flexibility index (Phi) is 6.01. The maximum Gasteiger partial charge on any atom is 0.253 e. The van der Waals surface area contributed by atoms with Gasteiger partial charge in [0.2, 0.25) is 0 Å². The molecule has 2 N–H and O–H groups in total. The molecule has 0 aliphatic carbocycles. The van der Waals surface area contributed by atoms with Crippen LogP contribution in [0.1, 0.15) is 29.8 Å². The summed E-state index contributed by atoms with van der Waals surface area (Å²) in [6.07, 6.45) is 3.25. The number of rotatable bonds is 7. The number of aromatic nitrogens is 1. The quantitative estimate of drug-likeness (QED) is 0.817. The van der Waals surface area contributed by atoms with Crippen molar-refractivity contribution in [1.82, 2.24) is 10.3 Å². The van der Waals surface area contributed by atoms with Crippen LogP contribution < -0.4 is 20.1 Å². The normalized spacial score (nSPS) is 10.4. The van der Waals surface area contributed by atoms with Crippen LogP contribution in [0.3, 0.4) is 0 Å². The Hall–Kier alpha value is -2.76. The summed E-state index contributed by atoms with van der Waals surface area (Å²) in [6, 6.07) is 7.60. The lowest BCUT2D eigenvalue weighted by Crippen LogP contribution is -2.23. The van der Waals surface area contributed by atoms with Gasteiger partial charge in [-0.3, -0.25) is 9.78 Å². The van der Waals surface area contributed by atoms with Crippen molar-refractivity contribution in [3.63, 3.8) is 0 Å². The lowest BCUT2D eigenvalue weighted by Gasteiger charge is -2.12. The molecular weight excluding hydrogens is 306 g/mol. The zero-order valence-electron chi connectivity index (χ0n) is 14.4. The third kappa shape index (κ3) is 4.62. The van der Waals surface area contributed by atoms with E-state index in [0.29, 0.717) is 23.6 Å². The molecule has 1 amide bonds. The van der Waals surface area contributed by atoms with Gasteiger partial charge in [-0.1, -0.05) is 6.07 Å². The van der Waals surface area contributed by atoms with Crippen molar-refractivity contribution in [2.75, 3.05) is 19.5 Å². The molecule has 6 heteroatoms. The highest BCUT2D eigenvalue weighted by molar-refractivity contribution is 5.94. The Balaban J connectivity index is 2.03. The van der Waals surface area contributed by atoms with E-state index in [2.05, 4.69) is 15.6 Å². The molecule has 2 aromatic rings. The van der Waals surface area contributed by atoms with Crippen molar-refractivity contribution < 1.29 is 14.3 Å². The monoisotopic (exact) mass is 329 g/mol. The molecule has 24 heavy (non-hydrogen) atoms. The number of methoxy groups -OCH3 is 2. The zero-order valence-corrected chi connectivity index (χ0v) is 14.4. The molecule has 1 aromatic carbocycles. The first kappa shape index (κ1) is 17.6. The minimum absolute atomic E-state index is 0.176. The number of amides is 1. The molecule has 0 spiro atoms. The lowest BCUT2D eigenvalue weighted by atomic mass is 10.2. The van der Waals surface area contributed by atoms with Crippen molar-refractivity contribution in [3.05, 3.63) is 47.8 Å². The van der Waals surface area contributed by atoms with E-state index in [1.165, 1.54) is 0 Å². The van der Waals surface area contributed by atoms with Gasteiger partial charge in [0.05, 0.1) is 25.5 Å². The molecular formula is C18H23N3O3. The van der Waals surface area contributed by atoms with Crippen molar-refractivity contribution in [2.24, 2.45) is 0 Å². The van der Waals surface area contributed by atoms with Crippen molar-refractivity contribution >= 4 is 11.6 Å². The summed E-state index contributed by atoms with van der Waals surface area (Å²) in [7, 11) is 3.17. The SMILES string of the molecule is COc1ccc(CNC(=O)c2cncc(NC(C)C)c2)cc1OC. The molecule has 0 radical (unpaired) electrons. The van der Waals surface area contributed by atoms with Gasteiger partial charge in [0.15, 0.2) is 11.5 Å². The van der Waals surface area contributed by atoms with Crippen LogP contribution in [0.2, 0.25) is 0 Å². The molecule has 0 saturated heterocycles. The van der Waals surface area contributed by atoms with Crippen LogP contribution in [-0.2, 0) is 6.54 Å². The van der Waals surface area contributed by atoms with E-state index in [1.807, 2.05) is 32.0 Å². The largest absolute Gasteiger partial charge is 0.493 e. The highest BCUT2D eigenvalue weighted by Crippen LogP contribution is 2.27. The fraction of sp³-hybridized carbons (Fsp3) is 0.333. The molecule has 1 aromatic heterocycles. The molecule has 0 aliphatic rings. The second-order valence-electron chi connectivity index (χ2n) is 5.63. The molecule has 0 atom stereocenters. The molecule has 0 saturated carbocycles. The highest BCUT2D eigenvalue weighted by Gasteiger charge is 2.09. The fourth-order valence-electron chi connectivity index (χ4n) is 2.25. The lowest BCUT2D eigenvalue weighted by molar-refractivity contribution is 0.0950. The molecule has 0 aliphatic heterocycles. The predicted molar refractivity (Wildman–Crippen MR) is 93.7 cm³/mol. The number of benzene rings is 1. The summed E-state index contributed by atoms with van der Waals surface area (Å²) >= 11 is 0. The molecule has 128 valence electrons. The van der Waals surface area contributed by atoms with Gasteiger partial charge in [-0.15, -0.1) is 0 Å². The molecule has 0 bridgehead atoms. The maximum absolute atomic E-state index is 12.3. The second kappa shape index (κ2) is 8.19. The first-order chi connectivity index (χ1) is 11.5. The van der Waals surface area contributed by atoms with Gasteiger partial charge in [-0.25, -0.2) is 0 Å². The third-order valence-corrected chi connectivity index (χ3v) is 3.36. The van der Waals surface area contributed by atoms with E-state index in [1.54, 1.807) is 32.7 Å².